The van der Waals surface area contributed by atoms with E-state index < -0.39 is 5.91 Å². The van der Waals surface area contributed by atoms with Gasteiger partial charge in [0.1, 0.15) is 34.2 Å². The summed E-state index contributed by atoms with van der Waals surface area (Å²) in [5.74, 6) is 15.6. The molecule has 0 radical (unpaired) electrons. The topological polar surface area (TPSA) is 251 Å². The van der Waals surface area contributed by atoms with Crippen molar-refractivity contribution in [2.45, 2.75) is 81.1 Å². The standard InChI is InChI=1S/2C16H14N2O2.C16H12N2O.C9H8.C7H5IN2O.C7H6INO2.4C2H6/c1-20-16-14-12(7-8-17-16)10-13(18-15(14)19)9-11-5-3-2-4-6-11;1-20-16-14(15(17)19)13(10-11-18-16)9-5-8-12-6-3-2-4-7-12;1-19-16-15(12-17)14(10-11-18-16)9-5-8-13-6-3-2-4-7-13;1-2-6-9-7-4-3-5-8-9;1-11-7-5(4-9)6(8)2-3-10-7;1-11-7-5(4-10)6(8)2-3-9-7;4*1-2/h2-8,10H,9H2,1H3,(H,18,19);2-4,6-7,10-11H,8H2,1H3,(H2,17,19);2-4,6-7,10-11H,8H2,1H3;1,3-5,7-8H,6H2;2-3H,1H3;2-4H,1H3;4*1-2H3. The third kappa shape index (κ3) is 29.8. The van der Waals surface area contributed by atoms with E-state index >= 15 is 0 Å². The highest BCUT2D eigenvalue weighted by molar-refractivity contribution is 14.1. The monoisotopic (exact) mass is 1540 g/mol. The van der Waals surface area contributed by atoms with Crippen molar-refractivity contribution >= 4 is 68.1 Å². The van der Waals surface area contributed by atoms with Crippen molar-refractivity contribution < 1.29 is 33.3 Å². The lowest BCUT2D eigenvalue weighted by Crippen LogP contribution is -2.15. The Labute approximate surface area is 604 Å². The maximum atomic E-state index is 12.2. The van der Waals surface area contributed by atoms with Gasteiger partial charge in [0.15, 0.2) is 6.29 Å². The quantitative estimate of drug-likeness (QED) is 0.0655. The minimum atomic E-state index is -0.598. The Bertz CT molecular complexity index is 4290. The van der Waals surface area contributed by atoms with Gasteiger partial charge < -0.3 is 34.4 Å². The second kappa shape index (κ2) is 52.4. The highest BCUT2D eigenvalue weighted by Crippen LogP contribution is 2.23. The Morgan fingerprint density at radius 2 is 0.898 bits per heavy atom. The molecule has 3 N–H and O–H groups in total. The number of pyridine rings is 6. The molecule has 10 rings (SSSR count). The zero-order valence-electron chi connectivity index (χ0n) is 57.6. The Morgan fingerprint density at radius 3 is 1.33 bits per heavy atom. The minimum Gasteiger partial charge on any atom is -0.480 e. The molecule has 0 aliphatic rings. The largest absolute Gasteiger partial charge is 0.480 e. The average molecular weight is 1540 g/mol. The van der Waals surface area contributed by atoms with Gasteiger partial charge >= 0.3 is 0 Å². The van der Waals surface area contributed by atoms with Crippen LogP contribution in [0.1, 0.15) is 126 Å². The molecule has 0 bridgehead atoms. The van der Waals surface area contributed by atoms with Crippen LogP contribution in [0.5, 0.6) is 29.4 Å². The molecule has 6 heterocycles. The highest BCUT2D eigenvalue weighted by atomic mass is 127. The van der Waals surface area contributed by atoms with Crippen LogP contribution < -0.4 is 35.0 Å². The molecule has 0 atom stereocenters. The predicted octanol–water partition coefficient (Wildman–Crippen LogP) is 15.9. The van der Waals surface area contributed by atoms with Gasteiger partial charge in [-0.25, -0.2) is 24.9 Å². The number of terminal acetylenes is 1. The first-order valence-corrected chi connectivity index (χ1v) is 33.1. The lowest BCUT2D eigenvalue weighted by atomic mass is 10.1. The van der Waals surface area contributed by atoms with Gasteiger partial charge in [-0.15, -0.1) is 12.3 Å². The maximum absolute atomic E-state index is 12.2. The summed E-state index contributed by atoms with van der Waals surface area (Å²) in [6.07, 6.45) is 16.5. The Kier molecular flexibility index (Phi) is 45.5. The number of nitriles is 2. The zero-order valence-corrected chi connectivity index (χ0v) is 61.9. The first kappa shape index (κ1) is 85.1. The van der Waals surface area contributed by atoms with Crippen LogP contribution in [0.3, 0.4) is 0 Å². The molecular formula is C79H83I2N9O8. The molecule has 4 aromatic carbocycles. The average Bonchev–Trinajstić information content (AvgIpc) is 0.801. The molecule has 0 fully saturated rings. The van der Waals surface area contributed by atoms with Gasteiger partial charge in [-0.05, 0) is 109 Å². The summed E-state index contributed by atoms with van der Waals surface area (Å²) in [4.78, 5) is 56.8. The van der Waals surface area contributed by atoms with E-state index in [-0.39, 0.29) is 17.0 Å². The third-order valence-corrected chi connectivity index (χ3v) is 13.9. The number of primary amides is 1. The molecule has 1 amide bonds. The molecule has 506 valence electrons. The number of aldehydes is 1. The van der Waals surface area contributed by atoms with E-state index in [0.29, 0.717) is 76.0 Å². The molecule has 19 heteroatoms. The summed E-state index contributed by atoms with van der Waals surface area (Å²) in [5, 5.41) is 19.1. The first-order chi connectivity index (χ1) is 47.9. The van der Waals surface area contributed by atoms with E-state index in [1.54, 1.807) is 49.1 Å². The van der Waals surface area contributed by atoms with Gasteiger partial charge in [0.05, 0.1) is 41.1 Å². The van der Waals surface area contributed by atoms with Crippen molar-refractivity contribution in [2.24, 2.45) is 5.73 Å². The number of nitrogens with two attached hydrogens (primary N) is 1. The highest BCUT2D eigenvalue weighted by Gasteiger charge is 2.15. The van der Waals surface area contributed by atoms with Crippen molar-refractivity contribution in [3.8, 4) is 77.6 Å². The van der Waals surface area contributed by atoms with Gasteiger partial charge in [-0.2, -0.15) is 10.5 Å². The van der Waals surface area contributed by atoms with E-state index in [9.17, 15) is 14.4 Å². The normalized spacial score (nSPS) is 8.90. The number of benzene rings is 4. The molecule has 10 aromatic rings. The predicted molar refractivity (Wildman–Crippen MR) is 409 cm³/mol. The molecule has 0 spiro atoms. The number of nitrogens with zero attached hydrogens (tertiary/aromatic N) is 7. The third-order valence-electron chi connectivity index (χ3n) is 12.0. The van der Waals surface area contributed by atoms with E-state index in [0.717, 1.165) is 47.6 Å². The smallest absolute Gasteiger partial charge is 0.261 e. The van der Waals surface area contributed by atoms with Crippen molar-refractivity contribution in [1.82, 2.24) is 29.9 Å². The number of carbonyl (C=O) groups excluding carboxylic acids is 2. The van der Waals surface area contributed by atoms with Crippen molar-refractivity contribution in [3.63, 3.8) is 0 Å². The van der Waals surface area contributed by atoms with Gasteiger partial charge in [0, 0.05) is 80.6 Å². The summed E-state index contributed by atoms with van der Waals surface area (Å²) in [5.41, 5.74) is 13.5. The van der Waals surface area contributed by atoms with E-state index in [1.807, 2.05) is 195 Å². The number of halogens is 2. The van der Waals surface area contributed by atoms with Gasteiger partial charge in [0.25, 0.3) is 11.5 Å². The van der Waals surface area contributed by atoms with Crippen LogP contribution in [0.15, 0.2) is 194 Å². The number of ether oxygens (including phenoxy) is 5. The number of carbonyl (C=O) groups is 2. The number of aromatic amines is 1. The van der Waals surface area contributed by atoms with Crippen LogP contribution in [-0.4, -0.2) is 77.6 Å². The van der Waals surface area contributed by atoms with E-state index in [4.69, 9.17) is 46.4 Å². The molecule has 0 unspecified atom stereocenters. The molecule has 6 aromatic heterocycles. The number of H-pyrrole nitrogens is 1. The first-order valence-electron chi connectivity index (χ1n) is 31.0. The van der Waals surface area contributed by atoms with Crippen LogP contribution in [0.2, 0.25) is 0 Å². The molecule has 0 aliphatic heterocycles. The molecule has 0 saturated heterocycles. The van der Waals surface area contributed by atoms with Crippen LogP contribution in [0.25, 0.3) is 10.8 Å². The van der Waals surface area contributed by atoms with Crippen molar-refractivity contribution in [1.29, 1.82) is 10.5 Å². The lowest BCUT2D eigenvalue weighted by molar-refractivity contribution is 0.0995. The van der Waals surface area contributed by atoms with Crippen LogP contribution in [0.4, 0.5) is 0 Å². The molecule has 98 heavy (non-hydrogen) atoms. The lowest BCUT2D eigenvalue weighted by Gasteiger charge is -2.06. The summed E-state index contributed by atoms with van der Waals surface area (Å²) >= 11 is 4.12. The summed E-state index contributed by atoms with van der Waals surface area (Å²) in [6.45, 7) is 16.0. The van der Waals surface area contributed by atoms with Crippen LogP contribution in [0, 0.1) is 65.8 Å². The zero-order chi connectivity index (χ0) is 72.9. The fraction of sp³-hybridized carbons (Fsp3) is 0.215. The Balaban J connectivity index is 0.000000588. The second-order valence-corrected chi connectivity index (χ2v) is 20.3. The Hall–Kier alpha value is -10.9. The summed E-state index contributed by atoms with van der Waals surface area (Å²) in [7, 11) is 7.43. The maximum Gasteiger partial charge on any atom is 0.261 e. The van der Waals surface area contributed by atoms with Gasteiger partial charge in [-0.1, -0.05) is 200 Å². The van der Waals surface area contributed by atoms with Crippen molar-refractivity contribution in [3.05, 3.63) is 268 Å². The SMILES string of the molecule is C#CCc1ccccc1.CC.CC.CC.CC.COc1nccc(C#CCc2ccccc2)c1C#N.COc1nccc(C#CCc2ccccc2)c1C(N)=O.COc1nccc(I)c1C#N.COc1nccc(I)c1C=O.COc1nccc2cc(Cc3ccccc3)[nH]c(=O)c12. The number of amides is 1. The fourth-order valence-electron chi connectivity index (χ4n) is 7.82. The number of hydrogen-bond acceptors (Lipinski definition) is 15. The second-order valence-electron chi connectivity index (χ2n) is 17.9. The molecule has 17 nitrogen and oxygen atoms in total. The molecular weight excluding hydrogens is 1460 g/mol. The minimum absolute atomic E-state index is 0.168. The van der Waals surface area contributed by atoms with Gasteiger partial charge in [0.2, 0.25) is 29.4 Å². The number of rotatable bonds is 12. The van der Waals surface area contributed by atoms with Crippen molar-refractivity contribution in [2.75, 3.05) is 35.5 Å². The number of fused-ring (bicyclic) bond motifs is 1. The van der Waals surface area contributed by atoms with Gasteiger partial charge in [-0.3, -0.25) is 14.4 Å². The molecule has 0 aliphatic carbocycles. The fourth-order valence-corrected chi connectivity index (χ4v) is 8.85. The number of aromatic nitrogens is 6. The molecule has 0 saturated carbocycles. The Morgan fingerprint density at radius 1 is 0.510 bits per heavy atom. The number of hydrogen-bond donors (Lipinski definition) is 2. The van der Waals surface area contributed by atoms with E-state index in [1.165, 1.54) is 47.3 Å². The van der Waals surface area contributed by atoms with Crippen LogP contribution >= 0.6 is 45.2 Å². The number of nitrogens with one attached hydrogen (secondary N) is 1. The summed E-state index contributed by atoms with van der Waals surface area (Å²) < 4.78 is 26.7. The number of methoxy groups -OCH3 is 5. The van der Waals surface area contributed by atoms with Crippen LogP contribution in [-0.2, 0) is 25.7 Å². The summed E-state index contributed by atoms with van der Waals surface area (Å²) in [6, 6.07) is 54.7. The van der Waals surface area contributed by atoms with E-state index in [2.05, 4.69) is 111 Å².